The van der Waals surface area contributed by atoms with E-state index in [1.165, 1.54) is 6.42 Å². The largest absolute Gasteiger partial charge is 0.480 e. The number of pyridine rings is 1. The molecule has 0 spiro atoms. The van der Waals surface area contributed by atoms with Crippen molar-refractivity contribution in [2.75, 3.05) is 98.9 Å². The molecule has 0 aliphatic carbocycles. The molecule has 0 amide bonds. The highest BCUT2D eigenvalue weighted by molar-refractivity contribution is 5.75. The normalized spacial score (nSPS) is 20.9. The van der Waals surface area contributed by atoms with Crippen LogP contribution >= 0.6 is 0 Å². The van der Waals surface area contributed by atoms with Gasteiger partial charge in [-0.15, -0.1) is 0 Å². The molecular weight excluding hydrogens is 624 g/mol. The average molecular weight is 677 g/mol. The Labute approximate surface area is 282 Å². The van der Waals surface area contributed by atoms with E-state index in [0.29, 0.717) is 63.9 Å². The Balaban J connectivity index is 1.38. The number of aliphatic carboxylic acids is 2. The van der Waals surface area contributed by atoms with Gasteiger partial charge in [-0.2, -0.15) is 0 Å². The summed E-state index contributed by atoms with van der Waals surface area (Å²) in [5, 5.41) is 20.3. The summed E-state index contributed by atoms with van der Waals surface area (Å²) in [5.74, 6) is -3.03. The molecule has 1 aromatic heterocycles. The molecular formula is C33H52N6O9. The number of nitrogens with zero attached hydrogens (tertiary/aromatic N) is 6. The van der Waals surface area contributed by atoms with Crippen molar-refractivity contribution in [2.45, 2.75) is 57.3 Å². The third kappa shape index (κ3) is 12.7. The summed E-state index contributed by atoms with van der Waals surface area (Å²) < 4.78 is 16.3. The monoisotopic (exact) mass is 676 g/mol. The zero-order valence-corrected chi connectivity index (χ0v) is 28.2. The molecule has 2 saturated heterocycles. The number of piperidine rings is 1. The highest BCUT2D eigenvalue weighted by Crippen LogP contribution is 2.15. The topological polar surface area (TPSA) is 166 Å². The van der Waals surface area contributed by atoms with E-state index < -0.39 is 36.0 Å². The zero-order chi connectivity index (χ0) is 34.3. The van der Waals surface area contributed by atoms with E-state index in [-0.39, 0.29) is 39.1 Å². The standard InChI is InChI=1S/C33H52N6O9/c1-35-14-16-38(28(32(42)43)24-47-30(40)8-12-36-10-3-2-4-11-36)22-26-6-5-7-27(34-26)23-39(17-15-35)29(33(44)45)25-48-31(41)9-13-37-18-20-46-21-19-37/h5-7,28-29H,2-4,8-25H2,1H3,(H,42,43)(H,44,45). The van der Waals surface area contributed by atoms with Crippen molar-refractivity contribution in [3.63, 3.8) is 0 Å². The van der Waals surface area contributed by atoms with Crippen LogP contribution in [0.5, 0.6) is 0 Å². The second-order valence-corrected chi connectivity index (χ2v) is 12.8. The molecule has 4 rings (SSSR count). The summed E-state index contributed by atoms with van der Waals surface area (Å²) in [6, 6.07) is 3.27. The van der Waals surface area contributed by atoms with E-state index in [2.05, 4.69) is 9.80 Å². The molecule has 3 aliphatic rings. The van der Waals surface area contributed by atoms with E-state index in [9.17, 15) is 29.4 Å². The maximum Gasteiger partial charge on any atom is 0.324 e. The number of carboxylic acid groups (broad SMARTS) is 2. The van der Waals surface area contributed by atoms with Crippen LogP contribution in [0.3, 0.4) is 0 Å². The summed E-state index contributed by atoms with van der Waals surface area (Å²) in [6.07, 6.45) is 3.85. The van der Waals surface area contributed by atoms with E-state index >= 15 is 0 Å². The molecule has 15 heteroatoms. The molecule has 0 aromatic carbocycles. The van der Waals surface area contributed by atoms with Crippen molar-refractivity contribution in [3.05, 3.63) is 29.6 Å². The van der Waals surface area contributed by atoms with Gasteiger partial charge in [0.1, 0.15) is 25.3 Å². The predicted octanol–water partition coefficient (Wildman–Crippen LogP) is 0.222. The first-order chi connectivity index (χ1) is 23.2. The first kappa shape index (κ1) is 37.6. The number of carbonyl (C=O) groups excluding carboxylic acids is 2. The van der Waals surface area contributed by atoms with Crippen LogP contribution in [0.1, 0.15) is 43.5 Å². The van der Waals surface area contributed by atoms with E-state index in [4.69, 9.17) is 19.2 Å². The first-order valence-electron chi connectivity index (χ1n) is 17.1. The molecule has 2 N–H and O–H groups in total. The van der Waals surface area contributed by atoms with Crippen LogP contribution in [0, 0.1) is 0 Å². The molecule has 2 unspecified atom stereocenters. The Morgan fingerprint density at radius 2 is 1.21 bits per heavy atom. The van der Waals surface area contributed by atoms with Gasteiger partial charge in [-0.1, -0.05) is 12.5 Å². The van der Waals surface area contributed by atoms with Crippen LogP contribution < -0.4 is 0 Å². The molecule has 0 radical (unpaired) electrons. The molecule has 0 saturated carbocycles. The number of aromatic nitrogens is 1. The number of ether oxygens (including phenoxy) is 3. The Bertz CT molecular complexity index is 1110. The van der Waals surface area contributed by atoms with Crippen LogP contribution in [0.4, 0.5) is 0 Å². The summed E-state index contributed by atoms with van der Waals surface area (Å²) in [4.78, 5) is 64.5. The summed E-state index contributed by atoms with van der Waals surface area (Å²) in [7, 11) is 1.89. The van der Waals surface area contributed by atoms with Crippen LogP contribution in [-0.2, 0) is 46.5 Å². The minimum Gasteiger partial charge on any atom is -0.480 e. The van der Waals surface area contributed by atoms with Gasteiger partial charge in [0.25, 0.3) is 0 Å². The van der Waals surface area contributed by atoms with Gasteiger partial charge in [-0.3, -0.25) is 38.9 Å². The number of rotatable bonds is 14. The molecule has 4 heterocycles. The smallest absolute Gasteiger partial charge is 0.324 e. The number of hydrogen-bond donors (Lipinski definition) is 2. The lowest BCUT2D eigenvalue weighted by molar-refractivity contribution is -0.154. The third-order valence-electron chi connectivity index (χ3n) is 9.21. The number of carboxylic acids is 2. The van der Waals surface area contributed by atoms with Crippen molar-refractivity contribution >= 4 is 23.9 Å². The minimum absolute atomic E-state index is 0.171. The van der Waals surface area contributed by atoms with Gasteiger partial charge < -0.3 is 34.2 Å². The van der Waals surface area contributed by atoms with Gasteiger partial charge in [-0.25, -0.2) is 0 Å². The van der Waals surface area contributed by atoms with Crippen molar-refractivity contribution in [1.82, 2.24) is 29.5 Å². The number of fused-ring (bicyclic) bond motifs is 2. The van der Waals surface area contributed by atoms with Crippen molar-refractivity contribution in [2.24, 2.45) is 0 Å². The minimum atomic E-state index is -1.09. The molecule has 1 aromatic rings. The van der Waals surface area contributed by atoms with Gasteiger partial charge in [0.15, 0.2) is 0 Å². The lowest BCUT2D eigenvalue weighted by Gasteiger charge is -2.33. The highest BCUT2D eigenvalue weighted by atomic mass is 16.5. The summed E-state index contributed by atoms with van der Waals surface area (Å²) in [6.45, 7) is 7.34. The fraction of sp³-hybridized carbons (Fsp3) is 0.727. The second-order valence-electron chi connectivity index (χ2n) is 12.8. The molecule has 48 heavy (non-hydrogen) atoms. The number of carbonyl (C=O) groups is 4. The van der Waals surface area contributed by atoms with E-state index in [1.807, 2.05) is 18.0 Å². The highest BCUT2D eigenvalue weighted by Gasteiger charge is 2.31. The van der Waals surface area contributed by atoms with E-state index in [0.717, 1.165) is 39.0 Å². The number of hydrogen-bond acceptors (Lipinski definition) is 13. The second kappa shape index (κ2) is 19.7. The summed E-state index contributed by atoms with van der Waals surface area (Å²) in [5.41, 5.74) is 1.22. The fourth-order valence-corrected chi connectivity index (χ4v) is 6.18. The van der Waals surface area contributed by atoms with Gasteiger partial charge in [0.05, 0.1) is 37.4 Å². The van der Waals surface area contributed by atoms with Crippen LogP contribution in [0.2, 0.25) is 0 Å². The Hall–Kier alpha value is -3.21. The molecule has 268 valence electrons. The SMILES string of the molecule is CN1CCN(C(COC(=O)CCN2CCCCC2)C(=O)O)Cc2cccc(n2)CN(C(COC(=O)CCN2CCOCC2)C(=O)O)CC1. The Kier molecular flexibility index (Phi) is 15.4. The lowest BCUT2D eigenvalue weighted by atomic mass is 10.1. The number of esters is 2. The average Bonchev–Trinajstić information content (AvgIpc) is 3.08. The van der Waals surface area contributed by atoms with Crippen molar-refractivity contribution in [3.8, 4) is 0 Å². The fourth-order valence-electron chi connectivity index (χ4n) is 6.18. The summed E-state index contributed by atoms with van der Waals surface area (Å²) >= 11 is 0. The first-order valence-corrected chi connectivity index (χ1v) is 17.1. The van der Waals surface area contributed by atoms with Gasteiger partial charge in [0.2, 0.25) is 0 Å². The van der Waals surface area contributed by atoms with Crippen LogP contribution in [0.15, 0.2) is 18.2 Å². The van der Waals surface area contributed by atoms with Crippen LogP contribution in [-0.4, -0.2) is 175 Å². The van der Waals surface area contributed by atoms with Gasteiger partial charge in [0, 0.05) is 65.4 Å². The maximum atomic E-state index is 12.6. The molecule has 2 bridgehead atoms. The Morgan fingerprint density at radius 1 is 0.729 bits per heavy atom. The van der Waals surface area contributed by atoms with Crippen molar-refractivity contribution < 1.29 is 43.6 Å². The predicted molar refractivity (Wildman–Crippen MR) is 174 cm³/mol. The Morgan fingerprint density at radius 3 is 1.69 bits per heavy atom. The quantitative estimate of drug-likeness (QED) is 0.257. The van der Waals surface area contributed by atoms with Gasteiger partial charge >= 0.3 is 23.9 Å². The van der Waals surface area contributed by atoms with Gasteiger partial charge in [-0.05, 0) is 45.1 Å². The number of likely N-dealkylation sites (tertiary alicyclic amines) is 1. The lowest BCUT2D eigenvalue weighted by Crippen LogP contribution is -2.50. The van der Waals surface area contributed by atoms with Crippen molar-refractivity contribution in [1.29, 1.82) is 0 Å². The van der Waals surface area contributed by atoms with E-state index in [1.54, 1.807) is 21.9 Å². The molecule has 3 aliphatic heterocycles. The zero-order valence-electron chi connectivity index (χ0n) is 28.2. The molecule has 2 atom stereocenters. The third-order valence-corrected chi connectivity index (χ3v) is 9.21. The number of likely N-dealkylation sites (N-methyl/N-ethyl adjacent to an activating group) is 1. The number of morpholine rings is 1. The maximum absolute atomic E-state index is 12.6. The molecule has 15 nitrogen and oxygen atoms in total. The van der Waals surface area contributed by atoms with Crippen LogP contribution in [0.25, 0.3) is 0 Å². The molecule has 2 fully saturated rings.